The summed E-state index contributed by atoms with van der Waals surface area (Å²) in [6.45, 7) is 0.0754. The van der Waals surface area contributed by atoms with E-state index in [-0.39, 0.29) is 29.6 Å². The maximum absolute atomic E-state index is 11.1. The second kappa shape index (κ2) is 4.84. The molecule has 0 spiro atoms. The van der Waals surface area contributed by atoms with E-state index in [4.69, 9.17) is 5.73 Å². The summed E-state index contributed by atoms with van der Waals surface area (Å²) in [5.41, 5.74) is 6.26. The minimum Gasteiger partial charge on any atom is -0.506 e. The number of nitrogens with two attached hydrogens (primary N) is 1. The molecule has 0 aliphatic heterocycles. The molecule has 1 aromatic heterocycles. The van der Waals surface area contributed by atoms with Gasteiger partial charge in [0.15, 0.2) is 0 Å². The molecule has 5 N–H and O–H groups in total. The summed E-state index contributed by atoms with van der Waals surface area (Å²) in [7, 11) is 0. The molecule has 2 rings (SSSR count). The van der Waals surface area contributed by atoms with Gasteiger partial charge in [-0.05, 0) is 6.07 Å². The average Bonchev–Trinajstić information content (AvgIpc) is 2.60. The third-order valence-corrected chi connectivity index (χ3v) is 3.10. The van der Waals surface area contributed by atoms with Crippen LogP contribution in [0.25, 0.3) is 10.2 Å². The number of aliphatic hydroxyl groups is 1. The van der Waals surface area contributed by atoms with Crippen LogP contribution in [0.3, 0.4) is 0 Å². The molecular weight excluding hydrogens is 252 g/mol. The van der Waals surface area contributed by atoms with Gasteiger partial charge in [0.25, 0.3) is 0 Å². The topological polar surface area (TPSA) is 99.3 Å². The van der Waals surface area contributed by atoms with E-state index in [2.05, 4.69) is 4.98 Å². The molecule has 1 aromatic carbocycles. The van der Waals surface area contributed by atoms with Crippen molar-refractivity contribution in [2.75, 3.05) is 6.54 Å². The van der Waals surface area contributed by atoms with Crippen LogP contribution in [0.5, 0.6) is 5.75 Å². The van der Waals surface area contributed by atoms with E-state index >= 15 is 0 Å². The number of aromatic nitrogens is 1. The Labute approximate surface area is 101 Å². The predicted octanol–water partition coefficient (Wildman–Crippen LogP) is 0.709. The van der Waals surface area contributed by atoms with Crippen LogP contribution in [-0.2, 0) is 0 Å². The maximum atomic E-state index is 11.1. The van der Waals surface area contributed by atoms with Gasteiger partial charge >= 0.3 is 4.87 Å². The van der Waals surface area contributed by atoms with E-state index in [1.165, 1.54) is 6.07 Å². The van der Waals surface area contributed by atoms with Gasteiger partial charge in [-0.25, -0.2) is 0 Å². The molecule has 2 aromatic rings. The number of halogens is 1. The van der Waals surface area contributed by atoms with Crippen molar-refractivity contribution in [3.05, 3.63) is 27.4 Å². The number of benzene rings is 1. The minimum absolute atomic E-state index is 0. The Kier molecular flexibility index (Phi) is 3.93. The van der Waals surface area contributed by atoms with Crippen LogP contribution in [0.1, 0.15) is 11.7 Å². The summed E-state index contributed by atoms with van der Waals surface area (Å²) in [6.07, 6.45) is -0.820. The zero-order valence-corrected chi connectivity index (χ0v) is 9.77. The number of rotatable bonds is 2. The lowest BCUT2D eigenvalue weighted by atomic mass is 10.1. The minimum atomic E-state index is -0.820. The number of thiazole rings is 1. The van der Waals surface area contributed by atoms with Crippen LogP contribution < -0.4 is 10.6 Å². The molecule has 0 saturated heterocycles. The van der Waals surface area contributed by atoms with Gasteiger partial charge in [0.05, 0.1) is 10.8 Å². The zero-order chi connectivity index (χ0) is 11.0. The van der Waals surface area contributed by atoms with E-state index in [9.17, 15) is 15.0 Å². The number of phenolic OH excluding ortho intramolecular Hbond substituents is 1. The third kappa shape index (κ3) is 2.05. The smallest absolute Gasteiger partial charge is 0.305 e. The quantitative estimate of drug-likeness (QED) is 0.640. The monoisotopic (exact) mass is 262 g/mol. The van der Waals surface area contributed by atoms with Crippen LogP contribution in [0.15, 0.2) is 16.9 Å². The van der Waals surface area contributed by atoms with E-state index in [1.807, 2.05) is 0 Å². The van der Waals surface area contributed by atoms with Gasteiger partial charge in [0.2, 0.25) is 0 Å². The van der Waals surface area contributed by atoms with Crippen molar-refractivity contribution in [3.63, 3.8) is 0 Å². The standard InChI is InChI=1S/C9H10N2O3S.ClH/c10-3-6(13)4-1-2-5(12)7-8(4)15-9(14)11-7;/h1-2,6,12-13H,3,10H2,(H,11,14);1H. The molecule has 0 amide bonds. The van der Waals surface area contributed by atoms with Crippen molar-refractivity contribution in [2.24, 2.45) is 5.73 Å². The Hall–Kier alpha value is -1.08. The summed E-state index contributed by atoms with van der Waals surface area (Å²) < 4.78 is 0.554. The number of hydrogen-bond donors (Lipinski definition) is 4. The normalized spacial score (nSPS) is 12.4. The molecular formula is C9H11ClN2O3S. The Balaban J connectivity index is 0.00000128. The lowest BCUT2D eigenvalue weighted by Crippen LogP contribution is -2.11. The largest absolute Gasteiger partial charge is 0.506 e. The maximum Gasteiger partial charge on any atom is 0.305 e. The first-order valence-corrected chi connectivity index (χ1v) is 5.18. The van der Waals surface area contributed by atoms with E-state index in [0.29, 0.717) is 15.8 Å². The summed E-state index contributed by atoms with van der Waals surface area (Å²) in [6, 6.07) is 3.00. The van der Waals surface area contributed by atoms with Gasteiger partial charge in [0, 0.05) is 12.1 Å². The molecule has 1 unspecified atom stereocenters. The number of aromatic hydroxyl groups is 1. The van der Waals surface area contributed by atoms with E-state index in [0.717, 1.165) is 11.3 Å². The fourth-order valence-corrected chi connectivity index (χ4v) is 2.35. The van der Waals surface area contributed by atoms with Gasteiger partial charge in [-0.2, -0.15) is 0 Å². The van der Waals surface area contributed by atoms with Crippen LogP contribution in [0, 0.1) is 0 Å². The zero-order valence-electron chi connectivity index (χ0n) is 8.14. The van der Waals surface area contributed by atoms with Gasteiger partial charge < -0.3 is 20.9 Å². The fraction of sp³-hybridized carbons (Fsp3) is 0.222. The first-order chi connectivity index (χ1) is 7.13. The molecule has 1 heterocycles. The number of phenols is 1. The highest BCUT2D eigenvalue weighted by molar-refractivity contribution is 7.16. The van der Waals surface area contributed by atoms with Crippen molar-refractivity contribution in [1.29, 1.82) is 0 Å². The second-order valence-corrected chi connectivity index (χ2v) is 4.13. The predicted molar refractivity (Wildman–Crippen MR) is 65.4 cm³/mol. The Morgan fingerprint density at radius 2 is 2.19 bits per heavy atom. The lowest BCUT2D eigenvalue weighted by Gasteiger charge is -2.08. The lowest BCUT2D eigenvalue weighted by molar-refractivity contribution is 0.188. The molecule has 0 saturated carbocycles. The summed E-state index contributed by atoms with van der Waals surface area (Å²) >= 11 is 0.950. The Bertz CT molecular complexity index is 551. The number of aliphatic hydroxyl groups excluding tert-OH is 1. The number of nitrogens with one attached hydrogen (secondary N) is 1. The first-order valence-electron chi connectivity index (χ1n) is 4.36. The highest BCUT2D eigenvalue weighted by atomic mass is 35.5. The van der Waals surface area contributed by atoms with Crippen molar-refractivity contribution in [1.82, 2.24) is 4.98 Å². The van der Waals surface area contributed by atoms with Gasteiger partial charge in [-0.3, -0.25) is 4.79 Å². The highest BCUT2D eigenvalue weighted by Gasteiger charge is 2.14. The SMILES string of the molecule is Cl.NCC(O)c1ccc(O)c2[nH]c(=O)sc12. The summed E-state index contributed by atoms with van der Waals surface area (Å²) in [5, 5.41) is 19.1. The molecule has 0 radical (unpaired) electrons. The van der Waals surface area contributed by atoms with Gasteiger partial charge in [-0.15, -0.1) is 12.4 Å². The van der Waals surface area contributed by atoms with Crippen LogP contribution in [0.2, 0.25) is 0 Å². The van der Waals surface area contributed by atoms with Gasteiger partial charge in [0.1, 0.15) is 11.3 Å². The van der Waals surface area contributed by atoms with E-state index < -0.39 is 6.10 Å². The number of hydrogen-bond acceptors (Lipinski definition) is 5. The second-order valence-electron chi connectivity index (χ2n) is 3.14. The van der Waals surface area contributed by atoms with E-state index in [1.54, 1.807) is 6.07 Å². The molecule has 88 valence electrons. The molecule has 0 bridgehead atoms. The molecule has 16 heavy (non-hydrogen) atoms. The first kappa shape index (κ1) is 13.0. The highest BCUT2D eigenvalue weighted by Crippen LogP contribution is 2.30. The van der Waals surface area contributed by atoms with Crippen LogP contribution in [0.4, 0.5) is 0 Å². The van der Waals surface area contributed by atoms with Crippen molar-refractivity contribution in [3.8, 4) is 5.75 Å². The summed E-state index contributed by atoms with van der Waals surface area (Å²) in [5.74, 6) is -0.00341. The van der Waals surface area contributed by atoms with Crippen molar-refractivity contribution >= 4 is 34.0 Å². The molecule has 1 atom stereocenters. The number of aromatic amines is 1. The molecule has 7 heteroatoms. The number of H-pyrrole nitrogens is 1. The summed E-state index contributed by atoms with van der Waals surface area (Å²) in [4.78, 5) is 13.4. The fourth-order valence-electron chi connectivity index (χ4n) is 1.43. The third-order valence-electron chi connectivity index (χ3n) is 2.17. The number of fused-ring (bicyclic) bond motifs is 1. The molecule has 0 aliphatic rings. The van der Waals surface area contributed by atoms with Crippen molar-refractivity contribution < 1.29 is 10.2 Å². The Morgan fingerprint density at radius 3 is 2.81 bits per heavy atom. The van der Waals surface area contributed by atoms with Crippen LogP contribution >= 0.6 is 23.7 Å². The average molecular weight is 263 g/mol. The molecule has 5 nitrogen and oxygen atoms in total. The van der Waals surface area contributed by atoms with Crippen LogP contribution in [-0.4, -0.2) is 21.7 Å². The van der Waals surface area contributed by atoms with Gasteiger partial charge in [-0.1, -0.05) is 17.4 Å². The van der Waals surface area contributed by atoms with Crippen molar-refractivity contribution in [2.45, 2.75) is 6.10 Å². The Morgan fingerprint density at radius 1 is 1.50 bits per heavy atom. The molecule has 0 fully saturated rings. The molecule has 0 aliphatic carbocycles.